The predicted octanol–water partition coefficient (Wildman–Crippen LogP) is 4.68. The average Bonchev–Trinajstić information content (AvgIpc) is 3.26. The minimum atomic E-state index is -0.647. The van der Waals surface area contributed by atoms with E-state index in [1.165, 1.54) is 36.2 Å². The number of nitrogens with one attached hydrogen (secondary N) is 1. The van der Waals surface area contributed by atoms with Crippen LogP contribution >= 0.6 is 22.9 Å². The van der Waals surface area contributed by atoms with Crippen molar-refractivity contribution in [1.29, 1.82) is 0 Å². The number of amides is 1. The number of rotatable bonds is 6. The molecule has 1 amide bonds. The largest absolute Gasteiger partial charge is 0.497 e. The Bertz CT molecular complexity index is 1750. The molecular formula is C26H20ClN3O5S. The van der Waals surface area contributed by atoms with Gasteiger partial charge in [-0.1, -0.05) is 35.9 Å². The molecule has 0 radical (unpaired) electrons. The van der Waals surface area contributed by atoms with Crippen LogP contribution < -0.4 is 26.0 Å². The van der Waals surface area contributed by atoms with Gasteiger partial charge in [-0.3, -0.25) is 14.2 Å². The zero-order chi connectivity index (χ0) is 25.4. The third kappa shape index (κ3) is 4.12. The van der Waals surface area contributed by atoms with Crippen LogP contribution in [0.3, 0.4) is 0 Å². The first-order chi connectivity index (χ1) is 17.4. The Balaban J connectivity index is 1.69. The molecule has 0 saturated carbocycles. The van der Waals surface area contributed by atoms with Gasteiger partial charge in [0.25, 0.3) is 5.56 Å². The van der Waals surface area contributed by atoms with Crippen molar-refractivity contribution in [2.45, 2.75) is 6.54 Å². The summed E-state index contributed by atoms with van der Waals surface area (Å²) < 4.78 is 14.1. The number of nitrogens with zero attached hydrogens (tertiary/aromatic N) is 2. The van der Waals surface area contributed by atoms with Gasteiger partial charge < -0.3 is 14.8 Å². The molecule has 5 rings (SSSR count). The molecule has 0 atom stereocenters. The summed E-state index contributed by atoms with van der Waals surface area (Å²) in [6, 6.07) is 18.9. The molecule has 0 aliphatic carbocycles. The van der Waals surface area contributed by atoms with E-state index in [0.717, 1.165) is 14.7 Å². The van der Waals surface area contributed by atoms with Gasteiger partial charge in [-0.2, -0.15) is 0 Å². The van der Waals surface area contributed by atoms with E-state index in [-0.39, 0.29) is 6.54 Å². The fraction of sp³-hybridized carbons (Fsp3) is 0.115. The highest BCUT2D eigenvalue weighted by Gasteiger charge is 2.21. The first-order valence-electron chi connectivity index (χ1n) is 10.9. The van der Waals surface area contributed by atoms with Crippen LogP contribution in [0.1, 0.15) is 0 Å². The van der Waals surface area contributed by atoms with E-state index in [9.17, 15) is 14.4 Å². The van der Waals surface area contributed by atoms with Gasteiger partial charge in [-0.15, -0.1) is 11.3 Å². The summed E-state index contributed by atoms with van der Waals surface area (Å²) in [5.74, 6) is 0.493. The number of ether oxygens (including phenoxy) is 2. The van der Waals surface area contributed by atoms with E-state index >= 15 is 0 Å². The van der Waals surface area contributed by atoms with Crippen molar-refractivity contribution in [3.63, 3.8) is 0 Å². The molecule has 10 heteroatoms. The van der Waals surface area contributed by atoms with Gasteiger partial charge in [0.2, 0.25) is 5.91 Å². The van der Waals surface area contributed by atoms with Crippen molar-refractivity contribution in [3.05, 3.63) is 92.6 Å². The third-order valence-electron chi connectivity index (χ3n) is 5.71. The van der Waals surface area contributed by atoms with Crippen molar-refractivity contribution in [2.24, 2.45) is 0 Å². The molecule has 0 saturated heterocycles. The van der Waals surface area contributed by atoms with Gasteiger partial charge in [-0.05, 0) is 36.4 Å². The molecule has 0 bridgehead atoms. The normalized spacial score (nSPS) is 11.1. The molecule has 0 aliphatic rings. The lowest BCUT2D eigenvalue weighted by atomic mass is 10.2. The number of hydrogen-bond acceptors (Lipinski definition) is 6. The molecule has 3 aromatic carbocycles. The van der Waals surface area contributed by atoms with Gasteiger partial charge in [0.15, 0.2) is 0 Å². The Morgan fingerprint density at radius 2 is 1.81 bits per heavy atom. The second kappa shape index (κ2) is 9.52. The van der Waals surface area contributed by atoms with Crippen LogP contribution in [0.15, 0.2) is 76.3 Å². The second-order valence-corrected chi connectivity index (χ2v) is 9.37. The number of hydrogen-bond donors (Lipinski definition) is 1. The Morgan fingerprint density at radius 3 is 2.56 bits per heavy atom. The molecule has 0 fully saturated rings. The number of benzene rings is 3. The summed E-state index contributed by atoms with van der Waals surface area (Å²) in [4.78, 5) is 40.4. The molecule has 1 N–H and O–H groups in total. The van der Waals surface area contributed by atoms with Crippen molar-refractivity contribution in [3.8, 4) is 17.2 Å². The summed E-state index contributed by atoms with van der Waals surface area (Å²) in [6.45, 7) is -0.336. The summed E-state index contributed by atoms with van der Waals surface area (Å²) in [5.41, 5.74) is 0.0114. The monoisotopic (exact) mass is 521 g/mol. The van der Waals surface area contributed by atoms with E-state index < -0.39 is 17.2 Å². The fourth-order valence-corrected chi connectivity index (χ4v) is 5.41. The van der Waals surface area contributed by atoms with Gasteiger partial charge in [0, 0.05) is 21.2 Å². The van der Waals surface area contributed by atoms with Crippen LogP contribution in [0.4, 0.5) is 5.69 Å². The lowest BCUT2D eigenvalue weighted by Crippen LogP contribution is -2.40. The number of anilines is 1. The van der Waals surface area contributed by atoms with Gasteiger partial charge in [0.05, 0.1) is 31.1 Å². The van der Waals surface area contributed by atoms with Crippen molar-refractivity contribution >= 4 is 54.8 Å². The third-order valence-corrected chi connectivity index (χ3v) is 7.09. The molecule has 2 heterocycles. The zero-order valence-electron chi connectivity index (χ0n) is 19.3. The maximum atomic E-state index is 13.7. The summed E-state index contributed by atoms with van der Waals surface area (Å²) in [5, 5.41) is 3.89. The lowest BCUT2D eigenvalue weighted by Gasteiger charge is -2.15. The van der Waals surface area contributed by atoms with Crippen LogP contribution in [-0.4, -0.2) is 29.3 Å². The van der Waals surface area contributed by atoms with E-state index in [2.05, 4.69) is 5.32 Å². The first kappa shape index (κ1) is 23.7. The molecule has 8 nitrogen and oxygen atoms in total. The SMILES string of the molecule is COc1ccc(OC)c(NC(=O)Cn2c(=O)n(-c3cccc(Cl)c3)c(=O)c3sc4ccccc4c32)c1. The molecular weight excluding hydrogens is 502 g/mol. The number of carbonyl (C=O) groups excluding carboxylic acids is 1. The number of methoxy groups -OCH3 is 2. The molecule has 5 aromatic rings. The van der Waals surface area contributed by atoms with Crippen molar-refractivity contribution in [2.75, 3.05) is 19.5 Å². The smallest absolute Gasteiger partial charge is 0.336 e. The highest BCUT2D eigenvalue weighted by Crippen LogP contribution is 2.32. The number of fused-ring (bicyclic) bond motifs is 3. The Labute approximate surface area is 213 Å². The number of aromatic nitrogens is 2. The quantitative estimate of drug-likeness (QED) is 0.350. The van der Waals surface area contributed by atoms with Gasteiger partial charge >= 0.3 is 5.69 Å². The lowest BCUT2D eigenvalue weighted by molar-refractivity contribution is -0.116. The van der Waals surface area contributed by atoms with Crippen molar-refractivity contribution in [1.82, 2.24) is 9.13 Å². The van der Waals surface area contributed by atoms with Crippen LogP contribution in [-0.2, 0) is 11.3 Å². The highest BCUT2D eigenvalue weighted by molar-refractivity contribution is 7.25. The molecule has 0 unspecified atom stereocenters. The van der Waals surface area contributed by atoms with Gasteiger partial charge in [-0.25, -0.2) is 9.36 Å². The molecule has 0 aliphatic heterocycles. The van der Waals surface area contributed by atoms with Crippen LogP contribution in [0.5, 0.6) is 11.5 Å². The maximum absolute atomic E-state index is 13.7. The van der Waals surface area contributed by atoms with E-state index in [0.29, 0.717) is 38.1 Å². The number of halogens is 1. The maximum Gasteiger partial charge on any atom is 0.336 e. The first-order valence-corrected chi connectivity index (χ1v) is 12.1. The highest BCUT2D eigenvalue weighted by atomic mass is 35.5. The fourth-order valence-electron chi connectivity index (χ4n) is 4.08. The Morgan fingerprint density at radius 1 is 1.00 bits per heavy atom. The Kier molecular flexibility index (Phi) is 6.26. The summed E-state index contributed by atoms with van der Waals surface area (Å²) in [6.07, 6.45) is 0. The van der Waals surface area contributed by atoms with Crippen LogP contribution in [0.25, 0.3) is 26.0 Å². The average molecular weight is 522 g/mol. The van der Waals surface area contributed by atoms with E-state index in [1.54, 1.807) is 36.4 Å². The van der Waals surface area contributed by atoms with Crippen LogP contribution in [0.2, 0.25) is 5.02 Å². The minimum absolute atomic E-state index is 0.320. The molecule has 0 spiro atoms. The molecule has 182 valence electrons. The van der Waals surface area contributed by atoms with Crippen molar-refractivity contribution < 1.29 is 14.3 Å². The van der Waals surface area contributed by atoms with E-state index in [1.807, 2.05) is 24.3 Å². The number of carbonyl (C=O) groups is 1. The summed E-state index contributed by atoms with van der Waals surface area (Å²) >= 11 is 7.41. The second-order valence-electron chi connectivity index (χ2n) is 7.88. The predicted molar refractivity (Wildman–Crippen MR) is 142 cm³/mol. The minimum Gasteiger partial charge on any atom is -0.497 e. The van der Waals surface area contributed by atoms with Crippen LogP contribution in [0, 0.1) is 0 Å². The number of thiophene rings is 1. The van der Waals surface area contributed by atoms with E-state index in [4.69, 9.17) is 21.1 Å². The Hall–Kier alpha value is -4.08. The standard InChI is InChI=1S/C26H20ClN3O5S/c1-34-17-10-11-20(35-2)19(13-17)28-22(31)14-29-23-18-8-3-4-9-21(18)36-24(23)25(32)30(26(29)33)16-7-5-6-15(27)12-16/h3-13H,14H2,1-2H3,(H,28,31). The molecule has 36 heavy (non-hydrogen) atoms. The molecule has 2 aromatic heterocycles. The topological polar surface area (TPSA) is 91.6 Å². The van der Waals surface area contributed by atoms with Gasteiger partial charge in [0.1, 0.15) is 22.7 Å². The zero-order valence-corrected chi connectivity index (χ0v) is 20.9. The summed E-state index contributed by atoms with van der Waals surface area (Å²) in [7, 11) is 3.01.